The Bertz CT molecular complexity index is 666. The van der Waals surface area contributed by atoms with Crippen molar-refractivity contribution in [2.75, 3.05) is 40.0 Å². The van der Waals surface area contributed by atoms with Crippen molar-refractivity contribution in [3.63, 3.8) is 0 Å². The zero-order valence-corrected chi connectivity index (χ0v) is 14.1. The Balaban J connectivity index is 1.92. The van der Waals surface area contributed by atoms with E-state index in [1.54, 1.807) is 4.90 Å². The number of methoxy groups -OCH3 is 1. The molecule has 0 spiro atoms. The summed E-state index contributed by atoms with van der Waals surface area (Å²) < 4.78 is 34.5. The topological polar surface area (TPSA) is 102 Å². The molecule has 1 fully saturated rings. The molecule has 128 valence electrons. The van der Waals surface area contributed by atoms with Crippen LogP contribution >= 0.6 is 0 Å². The summed E-state index contributed by atoms with van der Waals surface area (Å²) in [5.74, 6) is 0.312. The van der Waals surface area contributed by atoms with Crippen molar-refractivity contribution in [3.8, 4) is 11.8 Å². The Morgan fingerprint density at radius 1 is 1.39 bits per heavy atom. The number of aromatic nitrogens is 2. The van der Waals surface area contributed by atoms with Gasteiger partial charge in [0.1, 0.15) is 6.10 Å². The first-order valence-electron chi connectivity index (χ1n) is 7.02. The Morgan fingerprint density at radius 3 is 2.65 bits per heavy atom. The van der Waals surface area contributed by atoms with Crippen LogP contribution in [0.3, 0.4) is 0 Å². The minimum Gasteiger partial charge on any atom is -0.477 e. The third-order valence-electron chi connectivity index (χ3n) is 3.53. The van der Waals surface area contributed by atoms with Gasteiger partial charge in [-0.05, 0) is 0 Å². The van der Waals surface area contributed by atoms with E-state index in [4.69, 9.17) is 9.47 Å². The molecule has 2 heterocycles. The van der Waals surface area contributed by atoms with Gasteiger partial charge >= 0.3 is 0 Å². The summed E-state index contributed by atoms with van der Waals surface area (Å²) in [4.78, 5) is 21.8. The van der Waals surface area contributed by atoms with Gasteiger partial charge in [-0.2, -0.15) is 4.31 Å². The van der Waals surface area contributed by atoms with Crippen LogP contribution in [0.25, 0.3) is 0 Å². The first-order valence-corrected chi connectivity index (χ1v) is 8.87. The molecule has 1 aliphatic heterocycles. The number of likely N-dealkylation sites (N-methyl/N-ethyl adjacent to an activating group) is 1. The highest BCUT2D eigenvalue weighted by Crippen LogP contribution is 2.23. The van der Waals surface area contributed by atoms with E-state index in [1.807, 2.05) is 0 Å². The molecule has 2 rings (SSSR count). The van der Waals surface area contributed by atoms with Gasteiger partial charge in [-0.15, -0.1) is 0 Å². The van der Waals surface area contributed by atoms with Gasteiger partial charge in [0, 0.05) is 32.4 Å². The van der Waals surface area contributed by atoms with Crippen LogP contribution in [0, 0.1) is 0 Å². The molecule has 0 aliphatic carbocycles. The van der Waals surface area contributed by atoms with Crippen LogP contribution in [-0.4, -0.2) is 79.6 Å². The summed E-state index contributed by atoms with van der Waals surface area (Å²) in [7, 11) is -0.527. The predicted molar refractivity (Wildman–Crippen MR) is 81.7 cm³/mol. The zero-order valence-electron chi connectivity index (χ0n) is 13.3. The molecule has 0 bridgehead atoms. The van der Waals surface area contributed by atoms with Crippen LogP contribution in [0.2, 0.25) is 0 Å². The number of carbonyl (C=O) groups is 1. The molecule has 1 aromatic rings. The average molecular weight is 344 g/mol. The lowest BCUT2D eigenvalue weighted by molar-refractivity contribution is -0.130. The van der Waals surface area contributed by atoms with Gasteiger partial charge < -0.3 is 14.4 Å². The van der Waals surface area contributed by atoms with Gasteiger partial charge in [-0.25, -0.2) is 18.4 Å². The number of amides is 1. The van der Waals surface area contributed by atoms with Gasteiger partial charge in [0.25, 0.3) is 11.8 Å². The highest BCUT2D eigenvalue weighted by atomic mass is 32.2. The van der Waals surface area contributed by atoms with Crippen molar-refractivity contribution >= 4 is 15.9 Å². The van der Waals surface area contributed by atoms with Crippen molar-refractivity contribution in [3.05, 3.63) is 12.4 Å². The van der Waals surface area contributed by atoms with Crippen molar-refractivity contribution in [2.45, 2.75) is 12.5 Å². The molecule has 0 unspecified atom stereocenters. The van der Waals surface area contributed by atoms with Crippen LogP contribution in [0.5, 0.6) is 11.8 Å². The maximum Gasteiger partial charge on any atom is 0.278 e. The van der Waals surface area contributed by atoms with Crippen LogP contribution in [-0.2, 0) is 14.8 Å². The van der Waals surface area contributed by atoms with Crippen LogP contribution in [0.15, 0.2) is 12.4 Å². The maximum absolute atomic E-state index is 12.1. The fraction of sp³-hybridized carbons (Fsp3) is 0.615. The lowest BCUT2D eigenvalue weighted by Crippen LogP contribution is -2.40. The van der Waals surface area contributed by atoms with E-state index < -0.39 is 10.0 Å². The lowest BCUT2D eigenvalue weighted by Gasteiger charge is -2.20. The Hall–Kier alpha value is -1.94. The Morgan fingerprint density at radius 2 is 2.04 bits per heavy atom. The molecule has 0 aromatic carbocycles. The lowest BCUT2D eigenvalue weighted by atomic mass is 10.3. The summed E-state index contributed by atoms with van der Waals surface area (Å²) >= 11 is 0. The molecule has 1 saturated heterocycles. The van der Waals surface area contributed by atoms with Gasteiger partial charge in [-0.1, -0.05) is 0 Å². The molecular weight excluding hydrogens is 324 g/mol. The second-order valence-corrected chi connectivity index (χ2v) is 7.35. The first-order chi connectivity index (χ1) is 10.8. The quantitative estimate of drug-likeness (QED) is 0.676. The highest BCUT2D eigenvalue weighted by molar-refractivity contribution is 7.88. The average Bonchev–Trinajstić information content (AvgIpc) is 2.95. The molecule has 1 aliphatic rings. The molecule has 0 radical (unpaired) electrons. The molecular formula is C13H20N4O5S. The van der Waals surface area contributed by atoms with E-state index in [9.17, 15) is 13.2 Å². The van der Waals surface area contributed by atoms with Crippen LogP contribution < -0.4 is 9.47 Å². The van der Waals surface area contributed by atoms with Crippen molar-refractivity contribution < 1.29 is 22.7 Å². The largest absolute Gasteiger partial charge is 0.477 e. The number of hydrogen-bond acceptors (Lipinski definition) is 7. The Kier molecular flexibility index (Phi) is 5.37. The maximum atomic E-state index is 12.1. The minimum absolute atomic E-state index is 0.181. The van der Waals surface area contributed by atoms with Gasteiger partial charge in [0.2, 0.25) is 15.9 Å². The number of ether oxygens (including phenoxy) is 2. The summed E-state index contributed by atoms with van der Waals surface area (Å²) in [5, 5.41) is 0. The van der Waals surface area contributed by atoms with E-state index in [0.29, 0.717) is 19.5 Å². The number of rotatable bonds is 6. The second-order valence-electron chi connectivity index (χ2n) is 5.26. The zero-order chi connectivity index (χ0) is 17.0. The van der Waals surface area contributed by atoms with E-state index in [0.717, 1.165) is 10.6 Å². The van der Waals surface area contributed by atoms with E-state index in [-0.39, 0.29) is 30.3 Å². The third kappa shape index (κ3) is 4.52. The van der Waals surface area contributed by atoms with E-state index in [1.165, 1.54) is 26.6 Å². The minimum atomic E-state index is -3.38. The van der Waals surface area contributed by atoms with Crippen LogP contribution in [0.4, 0.5) is 0 Å². The standard InChI is InChI=1S/C13H20N4O5S/c1-16(23(3,19)20)9-11(18)17-7-4-10(8-17)22-13-12(21-2)14-5-6-15-13/h5-6,10H,4,7-9H2,1-3H3/t10-/m0/s1. The van der Waals surface area contributed by atoms with Crippen LogP contribution in [0.1, 0.15) is 6.42 Å². The number of sulfonamides is 1. The third-order valence-corrected chi connectivity index (χ3v) is 4.79. The first kappa shape index (κ1) is 17.4. The fourth-order valence-corrected chi connectivity index (χ4v) is 2.49. The number of carbonyl (C=O) groups excluding carboxylic acids is 1. The van der Waals surface area contributed by atoms with Crippen molar-refractivity contribution in [2.24, 2.45) is 0 Å². The summed E-state index contributed by atoms with van der Waals surface area (Å²) in [6.45, 7) is 0.694. The molecule has 10 heteroatoms. The Labute approximate surface area is 135 Å². The van der Waals surface area contributed by atoms with Gasteiger partial charge in [0.15, 0.2) is 0 Å². The molecule has 23 heavy (non-hydrogen) atoms. The molecule has 0 saturated carbocycles. The molecule has 1 aromatic heterocycles. The number of hydrogen-bond donors (Lipinski definition) is 0. The van der Waals surface area contributed by atoms with E-state index >= 15 is 0 Å². The summed E-state index contributed by atoms with van der Waals surface area (Å²) in [5.41, 5.74) is 0. The van der Waals surface area contributed by atoms with E-state index in [2.05, 4.69) is 9.97 Å². The van der Waals surface area contributed by atoms with Crippen molar-refractivity contribution in [1.82, 2.24) is 19.2 Å². The summed E-state index contributed by atoms with van der Waals surface area (Å²) in [6.07, 6.45) is 4.46. The molecule has 0 N–H and O–H groups in total. The normalized spacial score (nSPS) is 18.3. The number of nitrogens with zero attached hydrogens (tertiary/aromatic N) is 4. The summed E-state index contributed by atoms with van der Waals surface area (Å²) in [6, 6.07) is 0. The molecule has 9 nitrogen and oxygen atoms in total. The molecule has 1 amide bonds. The van der Waals surface area contributed by atoms with Gasteiger partial charge in [-0.3, -0.25) is 4.79 Å². The molecule has 1 atom stereocenters. The highest BCUT2D eigenvalue weighted by Gasteiger charge is 2.30. The second kappa shape index (κ2) is 7.09. The van der Waals surface area contributed by atoms with Gasteiger partial charge in [0.05, 0.1) is 26.5 Å². The SMILES string of the molecule is COc1nccnc1O[C@H]1CCN(C(=O)CN(C)S(C)(=O)=O)C1. The number of likely N-dealkylation sites (tertiary alicyclic amines) is 1. The smallest absolute Gasteiger partial charge is 0.278 e. The predicted octanol–water partition coefficient (Wildman–Crippen LogP) is -0.644. The monoisotopic (exact) mass is 344 g/mol. The fourth-order valence-electron chi connectivity index (χ4n) is 2.15. The van der Waals surface area contributed by atoms with Crippen molar-refractivity contribution in [1.29, 1.82) is 0 Å².